The summed E-state index contributed by atoms with van der Waals surface area (Å²) in [4.78, 5) is 24.3. The van der Waals surface area contributed by atoms with Gasteiger partial charge in [-0.2, -0.15) is 5.26 Å². The summed E-state index contributed by atoms with van der Waals surface area (Å²) in [5.74, 6) is -0.859. The molecule has 0 aliphatic heterocycles. The molecule has 0 aliphatic carbocycles. The second-order valence-corrected chi connectivity index (χ2v) is 5.54. The summed E-state index contributed by atoms with van der Waals surface area (Å²) in [6, 6.07) is 7.10. The van der Waals surface area contributed by atoms with Crippen molar-refractivity contribution in [2.45, 2.75) is 20.3 Å². The minimum absolute atomic E-state index is 0.0505. The minimum atomic E-state index is -0.653. The molecule has 2 aromatic rings. The van der Waals surface area contributed by atoms with Crippen LogP contribution in [0.25, 0.3) is 5.69 Å². The van der Waals surface area contributed by atoms with Gasteiger partial charge in [0.25, 0.3) is 5.91 Å². The molecule has 1 heterocycles. The summed E-state index contributed by atoms with van der Waals surface area (Å²) in [5.41, 5.74) is 8.05. The maximum Gasteiger partial charge on any atom is 0.357 e. The van der Waals surface area contributed by atoms with E-state index in [1.165, 1.54) is 17.9 Å². The molecule has 0 fully saturated rings. The van der Waals surface area contributed by atoms with Crippen LogP contribution in [0.5, 0.6) is 0 Å². The van der Waals surface area contributed by atoms with Crippen molar-refractivity contribution in [2.24, 2.45) is 0 Å². The SMILES string of the molecule is CCCNC(=O)c1ccc(C)c(-n2cc(C#N)c(N)c2C(=O)OC)c1. The number of carbonyl (C=O) groups is 2. The van der Waals surface area contributed by atoms with Crippen molar-refractivity contribution in [1.29, 1.82) is 5.26 Å². The summed E-state index contributed by atoms with van der Waals surface area (Å²) in [5, 5.41) is 12.0. The van der Waals surface area contributed by atoms with Crippen molar-refractivity contribution in [1.82, 2.24) is 9.88 Å². The van der Waals surface area contributed by atoms with E-state index in [0.717, 1.165) is 12.0 Å². The van der Waals surface area contributed by atoms with E-state index in [0.29, 0.717) is 17.8 Å². The molecule has 0 atom stereocenters. The lowest BCUT2D eigenvalue weighted by Gasteiger charge is -2.13. The summed E-state index contributed by atoms with van der Waals surface area (Å²) in [6.07, 6.45) is 2.30. The molecular weight excluding hydrogens is 320 g/mol. The van der Waals surface area contributed by atoms with Gasteiger partial charge in [0.05, 0.1) is 18.4 Å². The van der Waals surface area contributed by atoms with Gasteiger partial charge in [-0.15, -0.1) is 0 Å². The number of rotatable bonds is 5. The molecule has 0 spiro atoms. The maximum absolute atomic E-state index is 12.2. The van der Waals surface area contributed by atoms with E-state index in [9.17, 15) is 14.9 Å². The van der Waals surface area contributed by atoms with Crippen LogP contribution in [0, 0.1) is 18.3 Å². The number of benzene rings is 1. The largest absolute Gasteiger partial charge is 0.464 e. The summed E-state index contributed by atoms with van der Waals surface area (Å²) in [6.45, 7) is 4.38. The number of hydrogen-bond acceptors (Lipinski definition) is 5. The van der Waals surface area contributed by atoms with Crippen molar-refractivity contribution >= 4 is 17.6 Å². The van der Waals surface area contributed by atoms with Gasteiger partial charge in [0.2, 0.25) is 0 Å². The molecule has 25 heavy (non-hydrogen) atoms. The maximum atomic E-state index is 12.2. The predicted octanol–water partition coefficient (Wildman–Crippen LogP) is 2.17. The first-order valence-electron chi connectivity index (χ1n) is 7.83. The van der Waals surface area contributed by atoms with Crippen LogP contribution in [-0.4, -0.2) is 30.1 Å². The number of nitriles is 1. The molecule has 0 saturated carbocycles. The first kappa shape index (κ1) is 18.1. The summed E-state index contributed by atoms with van der Waals surface area (Å²) in [7, 11) is 1.24. The summed E-state index contributed by atoms with van der Waals surface area (Å²) >= 11 is 0. The van der Waals surface area contributed by atoms with Crippen LogP contribution in [-0.2, 0) is 4.74 Å². The van der Waals surface area contributed by atoms with E-state index in [4.69, 9.17) is 10.5 Å². The van der Waals surface area contributed by atoms with E-state index >= 15 is 0 Å². The van der Waals surface area contributed by atoms with Crippen LogP contribution in [0.3, 0.4) is 0 Å². The molecule has 0 aliphatic rings. The van der Waals surface area contributed by atoms with Gasteiger partial charge in [-0.1, -0.05) is 13.0 Å². The Labute approximate surface area is 146 Å². The highest BCUT2D eigenvalue weighted by Crippen LogP contribution is 2.27. The van der Waals surface area contributed by atoms with Crippen LogP contribution in [0.2, 0.25) is 0 Å². The van der Waals surface area contributed by atoms with E-state index in [-0.39, 0.29) is 22.9 Å². The number of aromatic nitrogens is 1. The zero-order chi connectivity index (χ0) is 18.6. The lowest BCUT2D eigenvalue weighted by atomic mass is 10.1. The quantitative estimate of drug-likeness (QED) is 0.811. The number of nitrogens with one attached hydrogen (secondary N) is 1. The number of nitrogens with zero attached hydrogens (tertiary/aromatic N) is 2. The highest BCUT2D eigenvalue weighted by molar-refractivity contribution is 5.97. The first-order valence-corrected chi connectivity index (χ1v) is 7.83. The number of nitrogen functional groups attached to an aromatic ring is 1. The third-order valence-electron chi connectivity index (χ3n) is 3.81. The molecule has 2 rings (SSSR count). The van der Waals surface area contributed by atoms with Gasteiger partial charge in [-0.25, -0.2) is 4.79 Å². The Hall–Kier alpha value is -3.27. The van der Waals surface area contributed by atoms with Crippen molar-refractivity contribution in [3.8, 4) is 11.8 Å². The smallest absolute Gasteiger partial charge is 0.357 e. The number of hydrogen-bond donors (Lipinski definition) is 2. The molecule has 0 bridgehead atoms. The van der Waals surface area contributed by atoms with Crippen molar-refractivity contribution < 1.29 is 14.3 Å². The van der Waals surface area contributed by atoms with Gasteiger partial charge >= 0.3 is 5.97 Å². The normalized spacial score (nSPS) is 10.2. The van der Waals surface area contributed by atoms with E-state index in [1.807, 2.05) is 19.9 Å². The number of aryl methyl sites for hydroxylation is 1. The molecule has 1 aromatic heterocycles. The molecule has 1 aromatic carbocycles. The van der Waals surface area contributed by atoms with Gasteiger partial charge < -0.3 is 20.4 Å². The Bertz CT molecular complexity index is 862. The topological polar surface area (TPSA) is 110 Å². The van der Waals surface area contributed by atoms with Gasteiger partial charge in [-0.3, -0.25) is 4.79 Å². The van der Waals surface area contributed by atoms with Crippen LogP contribution in [0.4, 0.5) is 5.69 Å². The predicted molar refractivity (Wildman–Crippen MR) is 93.6 cm³/mol. The van der Waals surface area contributed by atoms with Crippen molar-refractivity contribution in [3.05, 3.63) is 46.8 Å². The summed E-state index contributed by atoms with van der Waals surface area (Å²) < 4.78 is 6.27. The number of amides is 1. The van der Waals surface area contributed by atoms with E-state index in [1.54, 1.807) is 18.2 Å². The Morgan fingerprint density at radius 3 is 2.72 bits per heavy atom. The first-order chi connectivity index (χ1) is 11.9. The second-order valence-electron chi connectivity index (χ2n) is 5.54. The molecule has 130 valence electrons. The lowest BCUT2D eigenvalue weighted by Crippen LogP contribution is -2.24. The number of esters is 1. The average molecular weight is 340 g/mol. The van der Waals surface area contributed by atoms with Crippen LogP contribution in [0.1, 0.15) is 45.3 Å². The highest BCUT2D eigenvalue weighted by Gasteiger charge is 2.23. The van der Waals surface area contributed by atoms with Crippen LogP contribution < -0.4 is 11.1 Å². The van der Waals surface area contributed by atoms with E-state index < -0.39 is 5.97 Å². The second kappa shape index (κ2) is 7.53. The molecular formula is C18H20N4O3. The zero-order valence-corrected chi connectivity index (χ0v) is 14.4. The molecule has 7 nitrogen and oxygen atoms in total. The highest BCUT2D eigenvalue weighted by atomic mass is 16.5. The molecule has 3 N–H and O–H groups in total. The molecule has 0 unspecified atom stereocenters. The number of methoxy groups -OCH3 is 1. The molecule has 0 radical (unpaired) electrons. The Morgan fingerprint density at radius 2 is 2.12 bits per heavy atom. The average Bonchev–Trinajstić information content (AvgIpc) is 2.95. The Balaban J connectivity index is 2.60. The number of carbonyl (C=O) groups excluding carboxylic acids is 2. The zero-order valence-electron chi connectivity index (χ0n) is 14.4. The minimum Gasteiger partial charge on any atom is -0.464 e. The molecule has 1 amide bonds. The Kier molecular flexibility index (Phi) is 5.45. The number of anilines is 1. The van der Waals surface area contributed by atoms with Crippen LogP contribution >= 0.6 is 0 Å². The van der Waals surface area contributed by atoms with Gasteiger partial charge in [0, 0.05) is 24.0 Å². The fourth-order valence-corrected chi connectivity index (χ4v) is 2.46. The van der Waals surface area contributed by atoms with Crippen LogP contribution in [0.15, 0.2) is 24.4 Å². The number of ether oxygens (including phenoxy) is 1. The third-order valence-corrected chi connectivity index (χ3v) is 3.81. The lowest BCUT2D eigenvalue weighted by molar-refractivity contribution is 0.0593. The van der Waals surface area contributed by atoms with Gasteiger partial charge in [-0.05, 0) is 31.0 Å². The molecule has 7 heteroatoms. The fourth-order valence-electron chi connectivity index (χ4n) is 2.46. The standard InChI is InChI=1S/C18H20N4O3/c1-4-7-21-17(23)12-6-5-11(2)14(8-12)22-10-13(9-19)15(20)16(22)18(24)25-3/h5-6,8,10H,4,7,20H2,1-3H3,(H,21,23). The monoisotopic (exact) mass is 340 g/mol. The van der Waals surface area contributed by atoms with Crippen molar-refractivity contribution in [3.63, 3.8) is 0 Å². The van der Waals surface area contributed by atoms with Gasteiger partial charge in [0.15, 0.2) is 5.69 Å². The Morgan fingerprint density at radius 1 is 1.40 bits per heavy atom. The van der Waals surface area contributed by atoms with E-state index in [2.05, 4.69) is 5.32 Å². The third kappa shape index (κ3) is 3.48. The molecule has 0 saturated heterocycles. The van der Waals surface area contributed by atoms with Crippen molar-refractivity contribution in [2.75, 3.05) is 19.4 Å². The fraction of sp³-hybridized carbons (Fsp3) is 0.278. The number of nitrogens with two attached hydrogens (primary N) is 1. The van der Waals surface area contributed by atoms with Gasteiger partial charge in [0.1, 0.15) is 6.07 Å².